The number of benzene rings is 3. The molecule has 0 saturated carbocycles. The number of aryl methyl sites for hydroxylation is 5. The molecule has 1 aliphatic heterocycles. The lowest BCUT2D eigenvalue weighted by Crippen LogP contribution is -2.44. The van der Waals surface area contributed by atoms with Crippen LogP contribution < -0.4 is 4.90 Å². The van der Waals surface area contributed by atoms with E-state index in [1.807, 2.05) is 12.4 Å². The van der Waals surface area contributed by atoms with Crippen molar-refractivity contribution >= 4 is 5.69 Å². The highest BCUT2D eigenvalue weighted by Gasteiger charge is 2.26. The maximum atomic E-state index is 4.96. The maximum absolute atomic E-state index is 4.96. The number of anilines is 1. The molecule has 3 aromatic carbocycles. The molecule has 0 unspecified atom stereocenters. The lowest BCUT2D eigenvalue weighted by Gasteiger charge is -2.40. The first-order valence-corrected chi connectivity index (χ1v) is 18.3. The van der Waals surface area contributed by atoms with Crippen molar-refractivity contribution in [2.75, 3.05) is 18.0 Å². The molecule has 0 N–H and O–H groups in total. The topological polar surface area (TPSA) is 32.3 Å². The Morgan fingerprint density at radius 1 is 0.694 bits per heavy atom. The third-order valence-electron chi connectivity index (χ3n) is 11.0. The summed E-state index contributed by atoms with van der Waals surface area (Å²) in [4.78, 5) is 15.0. The van der Waals surface area contributed by atoms with Gasteiger partial charge in [0, 0.05) is 61.4 Å². The van der Waals surface area contributed by atoms with E-state index in [2.05, 4.69) is 131 Å². The predicted octanol–water partition coefficient (Wildman–Crippen LogP) is 10.7. The molecular weight excluding hydrogens is 597 g/mol. The molecular formula is C45H54N4. The van der Waals surface area contributed by atoms with Gasteiger partial charge in [0.2, 0.25) is 0 Å². The minimum atomic E-state index is 0.457. The van der Waals surface area contributed by atoms with Gasteiger partial charge in [-0.15, -0.1) is 0 Å². The minimum absolute atomic E-state index is 0.457. The van der Waals surface area contributed by atoms with Gasteiger partial charge >= 0.3 is 0 Å². The second-order valence-electron chi connectivity index (χ2n) is 14.4. The van der Waals surface area contributed by atoms with Crippen LogP contribution in [0.4, 0.5) is 5.69 Å². The van der Waals surface area contributed by atoms with Crippen molar-refractivity contribution in [2.24, 2.45) is 0 Å². The van der Waals surface area contributed by atoms with Crippen molar-refractivity contribution < 1.29 is 0 Å². The molecule has 0 amide bonds. The molecule has 0 bridgehead atoms. The van der Waals surface area contributed by atoms with E-state index in [9.17, 15) is 0 Å². The highest BCUT2D eigenvalue weighted by molar-refractivity contribution is 5.67. The molecule has 1 saturated heterocycles. The van der Waals surface area contributed by atoms with Gasteiger partial charge in [0.25, 0.3) is 0 Å². The standard InChI is InChI=1S/C45H54N4/c1-8-9-11-37-13-15-42(16-14-37)49(30-39-12-10-20-47-45(39)41-26-33(4)36(7)34(5)27-41)43-18-22-48(23-19-43)29-38-17-21-46-44(28-38)40-24-31(2)35(6)32(3)25-40/h10,12-17,20-21,24-28,43H,8-9,11,18-19,22-23,29-30H2,1-7H3. The van der Waals surface area contributed by atoms with Crippen LogP contribution >= 0.6 is 0 Å². The van der Waals surface area contributed by atoms with Crippen molar-refractivity contribution in [2.45, 2.75) is 99.7 Å². The number of likely N-dealkylation sites (tertiary alicyclic amines) is 1. The second-order valence-corrected chi connectivity index (χ2v) is 14.4. The minimum Gasteiger partial charge on any atom is -0.364 e. The van der Waals surface area contributed by atoms with Crippen LogP contribution in [0, 0.1) is 41.5 Å². The number of hydrogen-bond acceptors (Lipinski definition) is 4. The maximum Gasteiger partial charge on any atom is 0.0752 e. The highest BCUT2D eigenvalue weighted by atomic mass is 15.2. The van der Waals surface area contributed by atoms with Gasteiger partial charge in [-0.05, 0) is 172 Å². The van der Waals surface area contributed by atoms with E-state index in [4.69, 9.17) is 9.97 Å². The van der Waals surface area contributed by atoms with Gasteiger partial charge in [-0.3, -0.25) is 14.9 Å². The Morgan fingerprint density at radius 2 is 1.33 bits per heavy atom. The first kappa shape index (κ1) is 34.6. The van der Waals surface area contributed by atoms with Crippen LogP contribution in [0.5, 0.6) is 0 Å². The zero-order valence-electron chi connectivity index (χ0n) is 30.8. The Bertz CT molecular complexity index is 1840. The summed E-state index contributed by atoms with van der Waals surface area (Å²) in [6.45, 7) is 19.5. The van der Waals surface area contributed by atoms with Crippen molar-refractivity contribution in [3.05, 3.63) is 135 Å². The molecule has 0 aliphatic carbocycles. The summed E-state index contributed by atoms with van der Waals surface area (Å²) in [6, 6.07) is 27.9. The van der Waals surface area contributed by atoms with Gasteiger partial charge in [0.05, 0.1) is 11.4 Å². The molecule has 4 heteroatoms. The Kier molecular flexibility index (Phi) is 10.9. The number of hydrogen-bond donors (Lipinski definition) is 0. The first-order chi connectivity index (χ1) is 23.7. The highest BCUT2D eigenvalue weighted by Crippen LogP contribution is 2.32. The van der Waals surface area contributed by atoms with E-state index >= 15 is 0 Å². The van der Waals surface area contributed by atoms with Crippen LogP contribution in [0.2, 0.25) is 0 Å². The fraction of sp³-hybridized carbons (Fsp3) is 0.378. The molecule has 6 rings (SSSR count). The van der Waals surface area contributed by atoms with Crippen LogP contribution in [0.25, 0.3) is 22.5 Å². The number of aromatic nitrogens is 2. The largest absolute Gasteiger partial charge is 0.364 e. The fourth-order valence-corrected chi connectivity index (χ4v) is 7.41. The monoisotopic (exact) mass is 650 g/mol. The fourth-order valence-electron chi connectivity index (χ4n) is 7.41. The summed E-state index contributed by atoms with van der Waals surface area (Å²) in [6.07, 6.45) is 9.79. The van der Waals surface area contributed by atoms with Gasteiger partial charge in [-0.2, -0.15) is 0 Å². The third-order valence-corrected chi connectivity index (χ3v) is 11.0. The molecule has 49 heavy (non-hydrogen) atoms. The van der Waals surface area contributed by atoms with Crippen LogP contribution in [0.3, 0.4) is 0 Å². The lowest BCUT2D eigenvalue weighted by atomic mass is 9.95. The summed E-state index contributed by atoms with van der Waals surface area (Å²) in [5, 5.41) is 0. The SMILES string of the molecule is CCCCc1ccc(N(Cc2cccnc2-c2cc(C)c(C)c(C)c2)C2CCN(Cc3ccnc(-c4cc(C)c(C)c(C)c4)c3)CC2)cc1. The summed E-state index contributed by atoms with van der Waals surface area (Å²) in [5.41, 5.74) is 18.0. The van der Waals surface area contributed by atoms with E-state index in [-0.39, 0.29) is 0 Å². The molecule has 2 aromatic heterocycles. The molecule has 1 aliphatic rings. The van der Waals surface area contributed by atoms with Crippen LogP contribution in [0.1, 0.15) is 82.7 Å². The zero-order chi connectivity index (χ0) is 34.5. The first-order valence-electron chi connectivity index (χ1n) is 18.3. The van der Waals surface area contributed by atoms with Gasteiger partial charge in [-0.25, -0.2) is 0 Å². The molecule has 4 nitrogen and oxygen atoms in total. The average Bonchev–Trinajstić information content (AvgIpc) is 3.11. The Labute approximate surface area is 295 Å². The molecule has 0 radical (unpaired) electrons. The molecule has 3 heterocycles. The summed E-state index contributed by atoms with van der Waals surface area (Å²) in [5.74, 6) is 0. The summed E-state index contributed by atoms with van der Waals surface area (Å²) >= 11 is 0. The average molecular weight is 651 g/mol. The van der Waals surface area contributed by atoms with Crippen LogP contribution in [-0.4, -0.2) is 34.0 Å². The van der Waals surface area contributed by atoms with Gasteiger partial charge < -0.3 is 4.90 Å². The van der Waals surface area contributed by atoms with Crippen molar-refractivity contribution in [3.63, 3.8) is 0 Å². The van der Waals surface area contributed by atoms with Crippen molar-refractivity contribution in [1.29, 1.82) is 0 Å². The van der Waals surface area contributed by atoms with Crippen LogP contribution in [-0.2, 0) is 19.5 Å². The number of nitrogens with zero attached hydrogens (tertiary/aromatic N) is 4. The third kappa shape index (κ3) is 8.13. The van der Waals surface area contributed by atoms with Crippen molar-refractivity contribution in [1.82, 2.24) is 14.9 Å². The van der Waals surface area contributed by atoms with E-state index < -0.39 is 0 Å². The summed E-state index contributed by atoms with van der Waals surface area (Å²) < 4.78 is 0. The van der Waals surface area contributed by atoms with E-state index in [1.54, 1.807) is 0 Å². The molecule has 0 atom stereocenters. The number of unbranched alkanes of at least 4 members (excludes halogenated alkanes) is 1. The number of piperidine rings is 1. The lowest BCUT2D eigenvalue weighted by molar-refractivity contribution is 0.201. The Morgan fingerprint density at radius 3 is 1.96 bits per heavy atom. The van der Waals surface area contributed by atoms with Crippen LogP contribution in [0.15, 0.2) is 85.2 Å². The predicted molar refractivity (Wildman–Crippen MR) is 207 cm³/mol. The normalized spacial score (nSPS) is 13.9. The molecule has 254 valence electrons. The van der Waals surface area contributed by atoms with E-state index in [0.29, 0.717) is 6.04 Å². The Balaban J connectivity index is 1.22. The second kappa shape index (κ2) is 15.5. The van der Waals surface area contributed by atoms with E-state index in [1.165, 1.54) is 79.7 Å². The number of pyridine rings is 2. The zero-order valence-corrected chi connectivity index (χ0v) is 30.8. The van der Waals surface area contributed by atoms with Gasteiger partial charge in [0.15, 0.2) is 0 Å². The number of rotatable bonds is 11. The van der Waals surface area contributed by atoms with Crippen molar-refractivity contribution in [3.8, 4) is 22.5 Å². The molecule has 1 fully saturated rings. The molecule has 0 spiro atoms. The van der Waals surface area contributed by atoms with Gasteiger partial charge in [-0.1, -0.05) is 31.5 Å². The molecule has 5 aromatic rings. The van der Waals surface area contributed by atoms with E-state index in [0.717, 1.165) is 56.8 Å². The summed E-state index contributed by atoms with van der Waals surface area (Å²) in [7, 11) is 0. The Hall–Kier alpha value is -4.28. The smallest absolute Gasteiger partial charge is 0.0752 e. The van der Waals surface area contributed by atoms with Gasteiger partial charge in [0.1, 0.15) is 0 Å². The quantitative estimate of drug-likeness (QED) is 0.142.